The Morgan fingerprint density at radius 3 is 2.86 bits per heavy atom. The maximum atomic E-state index is 4.68. The molecule has 0 saturated carbocycles. The summed E-state index contributed by atoms with van der Waals surface area (Å²) < 4.78 is 0. The molecule has 4 aromatic rings. The molecule has 140 valence electrons. The quantitative estimate of drug-likeness (QED) is 0.544. The van der Waals surface area contributed by atoms with E-state index in [4.69, 9.17) is 0 Å². The molecule has 0 fully saturated rings. The largest absolute Gasteiger partial charge is 0.338 e. The van der Waals surface area contributed by atoms with Crippen molar-refractivity contribution in [3.8, 4) is 11.1 Å². The minimum absolute atomic E-state index is 0.522. The van der Waals surface area contributed by atoms with Crippen LogP contribution < -0.4 is 0 Å². The molecular weight excluding hydrogens is 346 g/mol. The molecular formula is C23H23N5. The number of hydrogen-bond donors (Lipinski definition) is 1. The van der Waals surface area contributed by atoms with E-state index in [1.807, 2.05) is 12.4 Å². The van der Waals surface area contributed by atoms with Crippen molar-refractivity contribution < 1.29 is 0 Å². The lowest BCUT2D eigenvalue weighted by Gasteiger charge is -2.27. The molecule has 4 heterocycles. The van der Waals surface area contributed by atoms with Crippen molar-refractivity contribution in [2.45, 2.75) is 26.4 Å². The monoisotopic (exact) mass is 369 g/mol. The molecule has 1 aliphatic heterocycles. The Morgan fingerprint density at radius 2 is 2.00 bits per heavy atom. The molecule has 5 rings (SSSR count). The number of likely N-dealkylation sites (N-methyl/N-ethyl adjacent to an activating group) is 1. The van der Waals surface area contributed by atoms with Crippen LogP contribution in [-0.2, 0) is 19.5 Å². The van der Waals surface area contributed by atoms with E-state index in [1.54, 1.807) is 0 Å². The van der Waals surface area contributed by atoms with E-state index in [0.29, 0.717) is 6.54 Å². The van der Waals surface area contributed by atoms with Gasteiger partial charge in [-0.05, 0) is 54.6 Å². The first-order valence-electron chi connectivity index (χ1n) is 9.78. The van der Waals surface area contributed by atoms with E-state index in [2.05, 4.69) is 68.8 Å². The summed E-state index contributed by atoms with van der Waals surface area (Å²) in [6.45, 7) is 9.61. The minimum atomic E-state index is 0.522. The molecule has 3 aromatic heterocycles. The van der Waals surface area contributed by atoms with Crippen molar-refractivity contribution in [3.05, 3.63) is 59.5 Å². The number of pyridine rings is 2. The summed E-state index contributed by atoms with van der Waals surface area (Å²) in [4.78, 5) is 18.9. The van der Waals surface area contributed by atoms with Gasteiger partial charge >= 0.3 is 0 Å². The molecule has 0 aliphatic carbocycles. The molecule has 0 unspecified atom stereocenters. The molecule has 5 heteroatoms. The highest BCUT2D eigenvalue weighted by atomic mass is 15.1. The van der Waals surface area contributed by atoms with Crippen LogP contribution in [0.3, 0.4) is 0 Å². The van der Waals surface area contributed by atoms with Gasteiger partial charge in [0, 0.05) is 35.6 Å². The van der Waals surface area contributed by atoms with Gasteiger partial charge in [0.25, 0.3) is 0 Å². The number of H-pyrrole nitrogens is 1. The van der Waals surface area contributed by atoms with Crippen LogP contribution in [0, 0.1) is 0 Å². The Kier molecular flexibility index (Phi) is 4.17. The smallest absolute Gasteiger partial charge is 0.138 e. The van der Waals surface area contributed by atoms with Crippen molar-refractivity contribution in [1.29, 1.82) is 0 Å². The SMILES string of the molecule is C=NCc1cc2c(cn1)[nH]c1ncc(-c3ccc4c(c3)CN(CC)CC4)cc12. The highest BCUT2D eigenvalue weighted by Crippen LogP contribution is 2.31. The molecule has 1 aromatic carbocycles. The predicted molar refractivity (Wildman–Crippen MR) is 115 cm³/mol. The number of aromatic amines is 1. The van der Waals surface area contributed by atoms with E-state index >= 15 is 0 Å². The summed E-state index contributed by atoms with van der Waals surface area (Å²) in [5, 5.41) is 2.25. The maximum Gasteiger partial charge on any atom is 0.138 e. The molecule has 1 aliphatic rings. The third-order valence-electron chi connectivity index (χ3n) is 5.74. The Balaban J connectivity index is 1.60. The maximum absolute atomic E-state index is 4.68. The Hall–Kier alpha value is -3.05. The van der Waals surface area contributed by atoms with Crippen LogP contribution in [0.5, 0.6) is 0 Å². The third kappa shape index (κ3) is 2.88. The van der Waals surface area contributed by atoms with Gasteiger partial charge in [-0.2, -0.15) is 0 Å². The van der Waals surface area contributed by atoms with Crippen LogP contribution in [0.15, 0.2) is 47.7 Å². The topological polar surface area (TPSA) is 57.2 Å². The molecule has 28 heavy (non-hydrogen) atoms. The van der Waals surface area contributed by atoms with Crippen molar-refractivity contribution in [1.82, 2.24) is 19.9 Å². The normalized spacial score (nSPS) is 14.5. The second kappa shape index (κ2) is 6.84. The highest BCUT2D eigenvalue weighted by molar-refractivity contribution is 6.06. The zero-order valence-electron chi connectivity index (χ0n) is 16.1. The molecule has 1 N–H and O–H groups in total. The van der Waals surface area contributed by atoms with E-state index in [1.165, 1.54) is 16.7 Å². The molecule has 0 spiro atoms. The predicted octanol–water partition coefficient (Wildman–Crippen LogP) is 4.36. The van der Waals surface area contributed by atoms with Gasteiger partial charge in [0.15, 0.2) is 0 Å². The second-order valence-corrected chi connectivity index (χ2v) is 7.45. The molecule has 0 atom stereocenters. The van der Waals surface area contributed by atoms with Gasteiger partial charge in [-0.25, -0.2) is 4.98 Å². The van der Waals surface area contributed by atoms with Crippen LogP contribution in [0.25, 0.3) is 33.1 Å². The summed E-state index contributed by atoms with van der Waals surface area (Å²) in [6, 6.07) is 11.2. The number of rotatable bonds is 4. The van der Waals surface area contributed by atoms with Crippen LogP contribution in [0.2, 0.25) is 0 Å². The standard InChI is InChI=1S/C23H23N5/c1-3-28-7-6-15-4-5-16(8-18(15)14-28)17-9-21-20-10-19(12-24-2)25-13-22(20)27-23(21)26-11-17/h4-5,8-11,13H,2-3,6-7,12,14H2,1H3,(H,26,27). The lowest BCUT2D eigenvalue weighted by atomic mass is 9.95. The molecule has 0 amide bonds. The van der Waals surface area contributed by atoms with Crippen LogP contribution >= 0.6 is 0 Å². The third-order valence-corrected chi connectivity index (χ3v) is 5.74. The van der Waals surface area contributed by atoms with Crippen molar-refractivity contribution in [2.24, 2.45) is 4.99 Å². The van der Waals surface area contributed by atoms with Crippen LogP contribution in [-0.4, -0.2) is 39.7 Å². The Bertz CT molecular complexity index is 1190. The second-order valence-electron chi connectivity index (χ2n) is 7.45. The minimum Gasteiger partial charge on any atom is -0.338 e. The Morgan fingerprint density at radius 1 is 1.07 bits per heavy atom. The number of benzene rings is 1. The summed E-state index contributed by atoms with van der Waals surface area (Å²) in [7, 11) is 0. The van der Waals surface area contributed by atoms with Crippen LogP contribution in [0.4, 0.5) is 0 Å². The van der Waals surface area contributed by atoms with E-state index < -0.39 is 0 Å². The van der Waals surface area contributed by atoms with Gasteiger partial charge in [0.2, 0.25) is 0 Å². The number of aromatic nitrogens is 3. The summed E-state index contributed by atoms with van der Waals surface area (Å²) in [6.07, 6.45) is 4.95. The van der Waals surface area contributed by atoms with Gasteiger partial charge in [-0.15, -0.1) is 0 Å². The zero-order chi connectivity index (χ0) is 19.1. The fourth-order valence-electron chi connectivity index (χ4n) is 4.14. The first-order chi connectivity index (χ1) is 13.7. The first kappa shape index (κ1) is 17.1. The van der Waals surface area contributed by atoms with Gasteiger partial charge in [-0.1, -0.05) is 19.1 Å². The number of hydrogen-bond acceptors (Lipinski definition) is 4. The van der Waals surface area contributed by atoms with Crippen molar-refractivity contribution in [3.63, 3.8) is 0 Å². The fourth-order valence-corrected chi connectivity index (χ4v) is 4.14. The fraction of sp³-hybridized carbons (Fsp3) is 0.261. The average molecular weight is 369 g/mol. The van der Waals surface area contributed by atoms with Gasteiger partial charge in [0.05, 0.1) is 24.0 Å². The molecule has 0 saturated heterocycles. The van der Waals surface area contributed by atoms with Gasteiger partial charge < -0.3 is 4.98 Å². The molecule has 0 radical (unpaired) electrons. The number of aliphatic imine (C=N–C) groups is 1. The molecule has 5 nitrogen and oxygen atoms in total. The van der Waals surface area contributed by atoms with E-state index in [-0.39, 0.29) is 0 Å². The summed E-state index contributed by atoms with van der Waals surface area (Å²) in [5.74, 6) is 0. The Labute approximate surface area is 164 Å². The van der Waals surface area contributed by atoms with E-state index in [0.717, 1.165) is 59.2 Å². The lowest BCUT2D eigenvalue weighted by molar-refractivity contribution is 0.268. The van der Waals surface area contributed by atoms with Gasteiger partial charge in [-0.3, -0.25) is 14.9 Å². The zero-order valence-corrected chi connectivity index (χ0v) is 16.1. The first-order valence-corrected chi connectivity index (χ1v) is 9.78. The molecule has 0 bridgehead atoms. The van der Waals surface area contributed by atoms with Gasteiger partial charge in [0.1, 0.15) is 5.65 Å². The lowest BCUT2D eigenvalue weighted by Crippen LogP contribution is -2.30. The number of nitrogens with one attached hydrogen (secondary N) is 1. The average Bonchev–Trinajstić information content (AvgIpc) is 3.10. The van der Waals surface area contributed by atoms with E-state index in [9.17, 15) is 0 Å². The van der Waals surface area contributed by atoms with Crippen molar-refractivity contribution in [2.75, 3.05) is 13.1 Å². The van der Waals surface area contributed by atoms with Crippen LogP contribution in [0.1, 0.15) is 23.7 Å². The summed E-state index contributed by atoms with van der Waals surface area (Å²) >= 11 is 0. The summed E-state index contributed by atoms with van der Waals surface area (Å²) in [5.41, 5.74) is 8.08. The number of nitrogens with zero attached hydrogens (tertiary/aromatic N) is 4. The van der Waals surface area contributed by atoms with Crippen molar-refractivity contribution >= 4 is 28.7 Å². The highest BCUT2D eigenvalue weighted by Gasteiger charge is 2.16. The number of fused-ring (bicyclic) bond motifs is 4.